The highest BCUT2D eigenvalue weighted by atomic mass is 16.2. The van der Waals surface area contributed by atoms with Crippen LogP contribution in [0.2, 0.25) is 0 Å². The third-order valence-corrected chi connectivity index (χ3v) is 4.91. The number of carbonyl (C=O) groups is 1. The molecule has 0 spiro atoms. The van der Waals surface area contributed by atoms with Crippen LogP contribution in [0.1, 0.15) is 29.8 Å². The van der Waals surface area contributed by atoms with E-state index in [4.69, 9.17) is 0 Å². The minimum atomic E-state index is -0.230. The molecule has 8 heteroatoms. The van der Waals surface area contributed by atoms with Crippen LogP contribution >= 0.6 is 0 Å². The van der Waals surface area contributed by atoms with Crippen molar-refractivity contribution in [3.05, 3.63) is 39.6 Å². The van der Waals surface area contributed by atoms with Crippen LogP contribution in [0, 0.1) is 19.8 Å². The summed E-state index contributed by atoms with van der Waals surface area (Å²) in [5.74, 6) is -0.0459. The van der Waals surface area contributed by atoms with Crippen molar-refractivity contribution < 1.29 is 4.79 Å². The van der Waals surface area contributed by atoms with Crippen LogP contribution in [0.5, 0.6) is 0 Å². The van der Waals surface area contributed by atoms with Crippen molar-refractivity contribution >= 4 is 11.6 Å². The van der Waals surface area contributed by atoms with Gasteiger partial charge < -0.3 is 10.2 Å². The zero-order valence-electron chi connectivity index (χ0n) is 14.9. The summed E-state index contributed by atoms with van der Waals surface area (Å²) in [5.41, 5.74) is 3.62. The standard InChI is InChI=1S/C17H24N6O2/c1-11-15(12(2)22(3)21-11)9-18-17(25)13-5-4-6-23(10-13)14-7-16(24)20-19-8-14/h7-8,13H,4-6,9-10H2,1-3H3,(H,18,25)(H,20,24)/t13-/m0/s1. The van der Waals surface area contributed by atoms with Gasteiger partial charge in [0.15, 0.2) is 0 Å². The Bertz CT molecular complexity index is 825. The number of nitrogens with zero attached hydrogens (tertiary/aromatic N) is 4. The van der Waals surface area contributed by atoms with Gasteiger partial charge in [-0.2, -0.15) is 10.2 Å². The molecule has 2 aromatic heterocycles. The predicted octanol–water partition coefficient (Wildman–Crippen LogP) is 0.653. The van der Waals surface area contributed by atoms with Crippen molar-refractivity contribution in [2.45, 2.75) is 33.2 Å². The number of anilines is 1. The van der Waals surface area contributed by atoms with Crippen LogP contribution in [0.4, 0.5) is 5.69 Å². The van der Waals surface area contributed by atoms with Crippen molar-refractivity contribution in [3.8, 4) is 0 Å². The van der Waals surface area contributed by atoms with E-state index >= 15 is 0 Å². The molecule has 2 N–H and O–H groups in total. The number of amides is 1. The second kappa shape index (κ2) is 7.08. The first-order valence-corrected chi connectivity index (χ1v) is 8.52. The molecule has 0 unspecified atom stereocenters. The molecular weight excluding hydrogens is 320 g/mol. The lowest BCUT2D eigenvalue weighted by atomic mass is 9.96. The Morgan fingerprint density at radius 3 is 2.92 bits per heavy atom. The third kappa shape index (κ3) is 3.72. The minimum Gasteiger partial charge on any atom is -0.369 e. The molecule has 1 fully saturated rings. The van der Waals surface area contributed by atoms with Gasteiger partial charge in [-0.3, -0.25) is 14.3 Å². The summed E-state index contributed by atoms with van der Waals surface area (Å²) in [6, 6.07) is 1.52. The number of piperidine rings is 1. The number of nitrogens with one attached hydrogen (secondary N) is 2. The largest absolute Gasteiger partial charge is 0.369 e. The number of hydrogen-bond donors (Lipinski definition) is 2. The van der Waals surface area contributed by atoms with Crippen molar-refractivity contribution in [1.82, 2.24) is 25.3 Å². The monoisotopic (exact) mass is 344 g/mol. The lowest BCUT2D eigenvalue weighted by Crippen LogP contribution is -2.43. The van der Waals surface area contributed by atoms with E-state index in [1.165, 1.54) is 6.07 Å². The molecule has 1 amide bonds. The van der Waals surface area contributed by atoms with E-state index in [9.17, 15) is 9.59 Å². The summed E-state index contributed by atoms with van der Waals surface area (Å²) in [5, 5.41) is 13.6. The number of H-pyrrole nitrogens is 1. The maximum atomic E-state index is 12.6. The van der Waals surface area contributed by atoms with Crippen LogP contribution in [-0.4, -0.2) is 39.0 Å². The van der Waals surface area contributed by atoms with Gasteiger partial charge in [-0.15, -0.1) is 0 Å². The van der Waals surface area contributed by atoms with Crippen molar-refractivity contribution in [2.24, 2.45) is 13.0 Å². The molecule has 0 aromatic carbocycles. The number of carbonyl (C=O) groups excluding carboxylic acids is 1. The van der Waals surface area contributed by atoms with Crippen molar-refractivity contribution in [2.75, 3.05) is 18.0 Å². The number of aryl methyl sites for hydroxylation is 2. The predicted molar refractivity (Wildman–Crippen MR) is 94.3 cm³/mol. The van der Waals surface area contributed by atoms with Crippen molar-refractivity contribution in [1.29, 1.82) is 0 Å². The Morgan fingerprint density at radius 2 is 2.24 bits per heavy atom. The second-order valence-corrected chi connectivity index (χ2v) is 6.58. The van der Waals surface area contributed by atoms with E-state index in [0.717, 1.165) is 42.0 Å². The van der Waals surface area contributed by atoms with E-state index in [-0.39, 0.29) is 17.4 Å². The second-order valence-electron chi connectivity index (χ2n) is 6.58. The molecule has 0 aliphatic carbocycles. The van der Waals surface area contributed by atoms with Crippen LogP contribution < -0.4 is 15.8 Å². The van der Waals surface area contributed by atoms with Crippen LogP contribution in [0.3, 0.4) is 0 Å². The van der Waals surface area contributed by atoms with Gasteiger partial charge in [-0.1, -0.05) is 0 Å². The van der Waals surface area contributed by atoms with Crippen LogP contribution in [-0.2, 0) is 18.4 Å². The van der Waals surface area contributed by atoms with E-state index in [0.29, 0.717) is 13.1 Å². The molecule has 3 heterocycles. The molecule has 134 valence electrons. The summed E-state index contributed by atoms with van der Waals surface area (Å²) in [7, 11) is 1.91. The fraction of sp³-hybridized carbons (Fsp3) is 0.529. The number of hydrogen-bond acceptors (Lipinski definition) is 5. The maximum absolute atomic E-state index is 12.6. The molecule has 1 atom stereocenters. The first-order valence-electron chi connectivity index (χ1n) is 8.52. The molecule has 1 aliphatic heterocycles. The Balaban J connectivity index is 1.63. The fourth-order valence-corrected chi connectivity index (χ4v) is 3.36. The topological polar surface area (TPSA) is 95.9 Å². The number of aromatic nitrogens is 4. The average Bonchev–Trinajstić information content (AvgIpc) is 2.85. The summed E-state index contributed by atoms with van der Waals surface area (Å²) in [4.78, 5) is 26.1. The first kappa shape index (κ1) is 17.2. The Hall–Kier alpha value is -2.64. The van der Waals surface area contributed by atoms with Crippen molar-refractivity contribution in [3.63, 3.8) is 0 Å². The molecule has 2 aromatic rings. The summed E-state index contributed by atoms with van der Waals surface area (Å²) >= 11 is 0. The van der Waals surface area contributed by atoms with Gasteiger partial charge in [0.2, 0.25) is 5.91 Å². The quantitative estimate of drug-likeness (QED) is 0.849. The first-order chi connectivity index (χ1) is 12.0. The molecular formula is C17H24N6O2. The highest BCUT2D eigenvalue weighted by Gasteiger charge is 2.26. The Kier molecular flexibility index (Phi) is 4.87. The molecule has 0 radical (unpaired) electrons. The normalized spacial score (nSPS) is 17.6. The SMILES string of the molecule is Cc1nn(C)c(C)c1CNC(=O)[C@H]1CCCN(c2cn[nH]c(=O)c2)C1. The highest BCUT2D eigenvalue weighted by Crippen LogP contribution is 2.22. The lowest BCUT2D eigenvalue weighted by molar-refractivity contribution is -0.125. The summed E-state index contributed by atoms with van der Waals surface area (Å²) in [6.45, 7) is 5.88. The smallest absolute Gasteiger partial charge is 0.266 e. The van der Waals surface area contributed by atoms with E-state index in [1.807, 2.05) is 25.6 Å². The van der Waals surface area contributed by atoms with Gasteiger partial charge in [0.05, 0.1) is 23.5 Å². The molecule has 25 heavy (non-hydrogen) atoms. The van der Waals surface area contributed by atoms with E-state index in [2.05, 4.69) is 25.5 Å². The zero-order chi connectivity index (χ0) is 18.0. The molecule has 8 nitrogen and oxygen atoms in total. The van der Waals surface area contributed by atoms with Crippen LogP contribution in [0.25, 0.3) is 0 Å². The molecule has 3 rings (SSSR count). The number of aromatic amines is 1. The fourth-order valence-electron chi connectivity index (χ4n) is 3.36. The minimum absolute atomic E-state index is 0.0464. The molecule has 1 aliphatic rings. The molecule has 0 saturated carbocycles. The van der Waals surface area contributed by atoms with Gasteiger partial charge in [0, 0.05) is 44.0 Å². The third-order valence-electron chi connectivity index (χ3n) is 4.91. The van der Waals surface area contributed by atoms with Gasteiger partial charge in [0.25, 0.3) is 5.56 Å². The average molecular weight is 344 g/mol. The highest BCUT2D eigenvalue weighted by molar-refractivity contribution is 5.79. The number of rotatable bonds is 4. The zero-order valence-corrected chi connectivity index (χ0v) is 14.9. The Labute approximate surface area is 146 Å². The van der Waals surface area contributed by atoms with Crippen LogP contribution in [0.15, 0.2) is 17.1 Å². The van der Waals surface area contributed by atoms with Gasteiger partial charge in [0.1, 0.15) is 0 Å². The lowest BCUT2D eigenvalue weighted by Gasteiger charge is -2.33. The van der Waals surface area contributed by atoms with E-state index in [1.54, 1.807) is 6.20 Å². The van der Waals surface area contributed by atoms with E-state index < -0.39 is 0 Å². The van der Waals surface area contributed by atoms with Gasteiger partial charge in [-0.05, 0) is 26.7 Å². The summed E-state index contributed by atoms with van der Waals surface area (Å²) < 4.78 is 1.83. The van der Waals surface area contributed by atoms with Gasteiger partial charge in [-0.25, -0.2) is 5.10 Å². The molecule has 0 bridgehead atoms. The Morgan fingerprint density at radius 1 is 1.44 bits per heavy atom. The van der Waals surface area contributed by atoms with Gasteiger partial charge >= 0.3 is 0 Å². The summed E-state index contributed by atoms with van der Waals surface area (Å²) in [6.07, 6.45) is 3.39. The maximum Gasteiger partial charge on any atom is 0.266 e. The molecule has 1 saturated heterocycles.